The molecule has 0 aliphatic heterocycles. The molecule has 6 heteroatoms. The first kappa shape index (κ1) is 13.3. The predicted molar refractivity (Wildman–Crippen MR) is 80.5 cm³/mol. The van der Waals surface area contributed by atoms with E-state index in [1.54, 1.807) is 24.3 Å². The summed E-state index contributed by atoms with van der Waals surface area (Å²) in [5, 5.41) is 11.9. The van der Waals surface area contributed by atoms with Gasteiger partial charge in [0.1, 0.15) is 0 Å². The molecule has 0 aliphatic rings. The van der Waals surface area contributed by atoms with Crippen LogP contribution in [0.3, 0.4) is 0 Å². The first-order valence-corrected chi connectivity index (χ1v) is 6.41. The Labute approximate surface area is 124 Å². The predicted octanol–water partition coefficient (Wildman–Crippen LogP) is 3.56. The van der Waals surface area contributed by atoms with Gasteiger partial charge in [0.15, 0.2) is 0 Å². The lowest BCUT2D eigenvalue weighted by Crippen LogP contribution is -2.03. The molecule has 3 aromatic rings. The molecule has 1 N–H and O–H groups in total. The maximum absolute atomic E-state index is 11.2. The SMILES string of the molecule is O=c1[c]cc2cc(-c3ccc([N+](=O)[O-])cc3)c(Cl)cc2[nH]1. The summed E-state index contributed by atoms with van der Waals surface area (Å²) in [6.07, 6.45) is 0. The molecule has 0 unspecified atom stereocenters. The Kier molecular flexibility index (Phi) is 3.19. The Morgan fingerprint density at radius 3 is 2.57 bits per heavy atom. The molecule has 0 aliphatic carbocycles. The maximum Gasteiger partial charge on any atom is 0.269 e. The van der Waals surface area contributed by atoms with Crippen molar-refractivity contribution in [3.63, 3.8) is 0 Å². The summed E-state index contributed by atoms with van der Waals surface area (Å²) in [6.45, 7) is 0. The second kappa shape index (κ2) is 5.03. The number of aromatic amines is 1. The van der Waals surface area contributed by atoms with E-state index in [1.165, 1.54) is 12.1 Å². The second-order valence-electron chi connectivity index (χ2n) is 4.47. The molecule has 3 rings (SSSR count). The smallest absolute Gasteiger partial charge is 0.269 e. The molecule has 0 atom stereocenters. The quantitative estimate of drug-likeness (QED) is 0.580. The number of hydrogen-bond donors (Lipinski definition) is 1. The molecule has 0 saturated carbocycles. The van der Waals surface area contributed by atoms with E-state index in [4.69, 9.17) is 11.6 Å². The van der Waals surface area contributed by atoms with Crippen molar-refractivity contribution in [3.05, 3.63) is 74.0 Å². The first-order chi connectivity index (χ1) is 10.0. The Bertz CT molecular complexity index is 901. The molecule has 0 bridgehead atoms. The molecule has 5 nitrogen and oxygen atoms in total. The van der Waals surface area contributed by atoms with E-state index in [9.17, 15) is 14.9 Å². The van der Waals surface area contributed by atoms with E-state index in [1.807, 2.05) is 6.07 Å². The van der Waals surface area contributed by atoms with Crippen LogP contribution in [0.15, 0.2) is 47.3 Å². The minimum atomic E-state index is -0.453. The number of H-pyrrole nitrogens is 1. The van der Waals surface area contributed by atoms with Crippen LogP contribution in [0, 0.1) is 16.2 Å². The number of pyridine rings is 1. The summed E-state index contributed by atoms with van der Waals surface area (Å²) in [4.78, 5) is 24.1. The fraction of sp³-hybridized carbons (Fsp3) is 0. The largest absolute Gasteiger partial charge is 0.321 e. The maximum atomic E-state index is 11.2. The van der Waals surface area contributed by atoms with Gasteiger partial charge in [0.2, 0.25) is 0 Å². The van der Waals surface area contributed by atoms with E-state index >= 15 is 0 Å². The number of fused-ring (bicyclic) bond motifs is 1. The Morgan fingerprint density at radius 2 is 1.90 bits per heavy atom. The number of nitro benzene ring substituents is 1. The average Bonchev–Trinajstić information content (AvgIpc) is 2.46. The van der Waals surface area contributed by atoms with Gasteiger partial charge in [0, 0.05) is 23.2 Å². The van der Waals surface area contributed by atoms with Gasteiger partial charge in [0.05, 0.1) is 16.0 Å². The van der Waals surface area contributed by atoms with Crippen molar-refractivity contribution in [3.8, 4) is 11.1 Å². The lowest BCUT2D eigenvalue weighted by Gasteiger charge is -2.07. The third-order valence-corrected chi connectivity index (χ3v) is 3.45. The molecule has 0 saturated heterocycles. The zero-order valence-corrected chi connectivity index (χ0v) is 11.3. The fourth-order valence-electron chi connectivity index (χ4n) is 2.10. The van der Waals surface area contributed by atoms with Crippen molar-refractivity contribution in [1.82, 2.24) is 4.98 Å². The van der Waals surface area contributed by atoms with Crippen molar-refractivity contribution in [2.75, 3.05) is 0 Å². The van der Waals surface area contributed by atoms with Gasteiger partial charge in [-0.1, -0.05) is 11.6 Å². The molecule has 2 aromatic carbocycles. The van der Waals surface area contributed by atoms with Crippen LogP contribution in [0.4, 0.5) is 5.69 Å². The van der Waals surface area contributed by atoms with Crippen molar-refractivity contribution in [1.29, 1.82) is 0 Å². The summed E-state index contributed by atoms with van der Waals surface area (Å²) in [7, 11) is 0. The summed E-state index contributed by atoms with van der Waals surface area (Å²) >= 11 is 6.23. The van der Waals surface area contributed by atoms with Crippen molar-refractivity contribution < 1.29 is 4.92 Å². The van der Waals surface area contributed by atoms with Crippen molar-refractivity contribution in [2.45, 2.75) is 0 Å². The van der Waals surface area contributed by atoms with Gasteiger partial charge < -0.3 is 4.98 Å². The van der Waals surface area contributed by atoms with Crippen LogP contribution in [-0.2, 0) is 0 Å². The number of benzene rings is 2. The molecule has 0 fully saturated rings. The molecule has 103 valence electrons. The first-order valence-electron chi connectivity index (χ1n) is 6.04. The minimum Gasteiger partial charge on any atom is -0.321 e. The monoisotopic (exact) mass is 299 g/mol. The molecule has 0 spiro atoms. The van der Waals surface area contributed by atoms with Gasteiger partial charge >= 0.3 is 0 Å². The highest BCUT2D eigenvalue weighted by molar-refractivity contribution is 6.34. The van der Waals surface area contributed by atoms with Crippen LogP contribution in [0.2, 0.25) is 5.02 Å². The molecule has 1 heterocycles. The van der Waals surface area contributed by atoms with Gasteiger partial charge in [-0.15, -0.1) is 0 Å². The number of nitrogens with zero attached hydrogens (tertiary/aromatic N) is 1. The van der Waals surface area contributed by atoms with Crippen LogP contribution in [0.25, 0.3) is 22.0 Å². The van der Waals surface area contributed by atoms with E-state index in [0.29, 0.717) is 10.5 Å². The van der Waals surface area contributed by atoms with Crippen LogP contribution < -0.4 is 5.56 Å². The summed E-state index contributed by atoms with van der Waals surface area (Å²) in [6, 6.07) is 13.7. The number of halogens is 1. The second-order valence-corrected chi connectivity index (χ2v) is 4.87. The zero-order valence-electron chi connectivity index (χ0n) is 10.6. The molecular formula is C15H8ClN2O3. The van der Waals surface area contributed by atoms with Gasteiger partial charge in [0.25, 0.3) is 11.2 Å². The number of hydrogen-bond acceptors (Lipinski definition) is 3. The highest BCUT2D eigenvalue weighted by atomic mass is 35.5. The van der Waals surface area contributed by atoms with Crippen LogP contribution >= 0.6 is 11.6 Å². The van der Waals surface area contributed by atoms with Crippen LogP contribution in [0.5, 0.6) is 0 Å². The number of non-ortho nitro benzene ring substituents is 1. The standard InChI is InChI=1S/C15H8ClN2O3/c16-13-8-14-10(3-6-15(19)17-14)7-12(13)9-1-4-11(5-2-9)18(20)21/h1-5,7-8H,(H,17,19). The number of rotatable bonds is 2. The van der Waals surface area contributed by atoms with Crippen molar-refractivity contribution in [2.24, 2.45) is 0 Å². The van der Waals surface area contributed by atoms with Crippen LogP contribution in [-0.4, -0.2) is 9.91 Å². The van der Waals surface area contributed by atoms with Crippen LogP contribution in [0.1, 0.15) is 0 Å². The van der Waals surface area contributed by atoms with Gasteiger partial charge in [-0.05, 0) is 41.3 Å². The average molecular weight is 300 g/mol. The third kappa shape index (κ3) is 2.51. The fourth-order valence-corrected chi connectivity index (χ4v) is 2.38. The Morgan fingerprint density at radius 1 is 1.19 bits per heavy atom. The van der Waals surface area contributed by atoms with E-state index in [-0.39, 0.29) is 11.2 Å². The number of nitro groups is 1. The molecule has 1 aromatic heterocycles. The summed E-state index contributed by atoms with van der Waals surface area (Å²) < 4.78 is 0. The highest BCUT2D eigenvalue weighted by Crippen LogP contribution is 2.32. The Balaban J connectivity index is 2.15. The van der Waals surface area contributed by atoms with E-state index in [0.717, 1.165) is 16.5 Å². The van der Waals surface area contributed by atoms with E-state index < -0.39 is 4.92 Å². The molecule has 0 amide bonds. The topological polar surface area (TPSA) is 76.0 Å². The normalized spacial score (nSPS) is 10.7. The zero-order chi connectivity index (χ0) is 15.0. The van der Waals surface area contributed by atoms with E-state index in [2.05, 4.69) is 11.1 Å². The number of aromatic nitrogens is 1. The van der Waals surface area contributed by atoms with Gasteiger partial charge in [-0.2, -0.15) is 0 Å². The molecule has 1 radical (unpaired) electrons. The summed E-state index contributed by atoms with van der Waals surface area (Å²) in [5.74, 6) is 0. The number of nitrogens with one attached hydrogen (secondary N) is 1. The Hall–Kier alpha value is -2.66. The highest BCUT2D eigenvalue weighted by Gasteiger charge is 2.09. The lowest BCUT2D eigenvalue weighted by molar-refractivity contribution is -0.384. The van der Waals surface area contributed by atoms with Gasteiger partial charge in [-0.3, -0.25) is 14.9 Å². The minimum absolute atomic E-state index is 0.0216. The van der Waals surface area contributed by atoms with Crippen molar-refractivity contribution >= 4 is 28.2 Å². The molecule has 21 heavy (non-hydrogen) atoms. The van der Waals surface area contributed by atoms with Gasteiger partial charge in [-0.25, -0.2) is 0 Å². The third-order valence-electron chi connectivity index (χ3n) is 3.14. The summed E-state index contributed by atoms with van der Waals surface area (Å²) in [5.41, 5.74) is 1.82. The lowest BCUT2D eigenvalue weighted by atomic mass is 10.0. The molecular weight excluding hydrogens is 292 g/mol.